The smallest absolute Gasteiger partial charge is 0.248 e. The fraction of sp³-hybridized carbons (Fsp3) is 0.909. The maximum Gasteiger partial charge on any atom is 0.248 e. The van der Waals surface area contributed by atoms with Gasteiger partial charge in [0.05, 0.1) is 6.54 Å². The van der Waals surface area contributed by atoms with E-state index in [1.807, 2.05) is 0 Å². The molecule has 0 bridgehead atoms. The predicted molar refractivity (Wildman–Crippen MR) is 58.6 cm³/mol. The second-order valence-electron chi connectivity index (χ2n) is 4.52. The quantitative estimate of drug-likeness (QED) is 0.567. The number of hydrogen-bond donors (Lipinski definition) is 1. The van der Waals surface area contributed by atoms with Crippen molar-refractivity contribution in [2.45, 2.75) is 33.1 Å². The van der Waals surface area contributed by atoms with E-state index in [2.05, 4.69) is 4.90 Å². The monoisotopic (exact) mass is 214 g/mol. The molecule has 0 aromatic heterocycles. The summed E-state index contributed by atoms with van der Waals surface area (Å²) in [5.74, 6) is -0.316. The van der Waals surface area contributed by atoms with E-state index in [0.29, 0.717) is 6.54 Å². The van der Waals surface area contributed by atoms with Crippen molar-refractivity contribution in [2.24, 2.45) is 5.92 Å². The number of rotatable bonds is 4. The highest BCUT2D eigenvalue weighted by Crippen LogP contribution is 2.08. The van der Waals surface area contributed by atoms with Crippen LogP contribution in [-0.4, -0.2) is 47.3 Å². The summed E-state index contributed by atoms with van der Waals surface area (Å²) in [6.45, 7) is 7.01. The molecule has 88 valence electrons. The predicted octanol–water partition coefficient (Wildman–Crippen LogP) is 1.35. The van der Waals surface area contributed by atoms with E-state index < -0.39 is 0 Å². The van der Waals surface area contributed by atoms with Crippen molar-refractivity contribution < 1.29 is 10.0 Å². The van der Waals surface area contributed by atoms with Crippen molar-refractivity contribution in [2.75, 3.05) is 26.2 Å². The van der Waals surface area contributed by atoms with Crippen LogP contribution in [0.25, 0.3) is 0 Å². The Hall–Kier alpha value is -0.610. The first-order chi connectivity index (χ1) is 7.11. The van der Waals surface area contributed by atoms with Crippen molar-refractivity contribution in [1.29, 1.82) is 0 Å². The molecule has 0 aliphatic carbocycles. The highest BCUT2D eigenvalue weighted by atomic mass is 16.5. The third-order valence-corrected chi connectivity index (χ3v) is 2.83. The summed E-state index contributed by atoms with van der Waals surface area (Å²) in [7, 11) is 0. The van der Waals surface area contributed by atoms with Crippen molar-refractivity contribution in [3.05, 3.63) is 0 Å². The van der Waals surface area contributed by atoms with Gasteiger partial charge in [-0.1, -0.05) is 20.3 Å². The van der Waals surface area contributed by atoms with Crippen LogP contribution in [0.4, 0.5) is 0 Å². The van der Waals surface area contributed by atoms with Crippen molar-refractivity contribution in [1.82, 2.24) is 9.96 Å². The molecule has 1 N–H and O–H groups in total. The molecule has 0 aromatic rings. The summed E-state index contributed by atoms with van der Waals surface area (Å²) < 4.78 is 0. The van der Waals surface area contributed by atoms with Gasteiger partial charge in [0.1, 0.15) is 0 Å². The first-order valence-electron chi connectivity index (χ1n) is 5.84. The number of carbonyl (C=O) groups is 1. The van der Waals surface area contributed by atoms with Gasteiger partial charge < -0.3 is 4.90 Å². The molecule has 0 atom stereocenters. The summed E-state index contributed by atoms with van der Waals surface area (Å²) in [5, 5.41) is 10.3. The zero-order valence-corrected chi connectivity index (χ0v) is 9.78. The Bertz CT molecular complexity index is 201. The minimum absolute atomic E-state index is 0.128. The molecular formula is C11H22N2O2. The van der Waals surface area contributed by atoms with Crippen LogP contribution < -0.4 is 0 Å². The largest absolute Gasteiger partial charge is 0.301 e. The maximum absolute atomic E-state index is 11.4. The van der Waals surface area contributed by atoms with Crippen LogP contribution >= 0.6 is 0 Å². The molecular weight excluding hydrogens is 192 g/mol. The Balaban J connectivity index is 2.20. The molecule has 1 saturated heterocycles. The average molecular weight is 214 g/mol. The number of piperidine rings is 1. The van der Waals surface area contributed by atoms with Gasteiger partial charge in [-0.05, 0) is 25.9 Å². The fourth-order valence-electron chi connectivity index (χ4n) is 1.83. The molecule has 4 heteroatoms. The van der Waals surface area contributed by atoms with Crippen molar-refractivity contribution >= 4 is 5.91 Å². The molecule has 1 aliphatic heterocycles. The van der Waals surface area contributed by atoms with E-state index >= 15 is 0 Å². The van der Waals surface area contributed by atoms with Crippen LogP contribution in [0.15, 0.2) is 0 Å². The average Bonchev–Trinajstić information content (AvgIpc) is 2.26. The molecule has 4 nitrogen and oxygen atoms in total. The standard InChI is InChI=1S/C11H22N2O2/c1-10(2)11(14)13(15)9-8-12-6-4-3-5-7-12/h10,15H,3-9H2,1-2H3. The van der Waals surface area contributed by atoms with E-state index in [-0.39, 0.29) is 11.8 Å². The molecule has 0 aromatic carbocycles. The third-order valence-electron chi connectivity index (χ3n) is 2.83. The lowest BCUT2D eigenvalue weighted by molar-refractivity contribution is -0.169. The van der Waals surface area contributed by atoms with Crippen LogP contribution in [0.2, 0.25) is 0 Å². The maximum atomic E-state index is 11.4. The van der Waals surface area contributed by atoms with Gasteiger partial charge in [-0.15, -0.1) is 0 Å². The fourth-order valence-corrected chi connectivity index (χ4v) is 1.83. The van der Waals surface area contributed by atoms with Gasteiger partial charge in [-0.2, -0.15) is 0 Å². The Morgan fingerprint density at radius 3 is 2.47 bits per heavy atom. The van der Waals surface area contributed by atoms with Gasteiger partial charge in [0.15, 0.2) is 0 Å². The second kappa shape index (κ2) is 6.08. The van der Waals surface area contributed by atoms with Crippen molar-refractivity contribution in [3.8, 4) is 0 Å². The first-order valence-corrected chi connectivity index (χ1v) is 5.84. The molecule has 1 rings (SSSR count). The topological polar surface area (TPSA) is 43.8 Å². The summed E-state index contributed by atoms with van der Waals surface area (Å²) >= 11 is 0. The number of hydroxylamine groups is 2. The number of hydrogen-bond acceptors (Lipinski definition) is 3. The van der Waals surface area contributed by atoms with E-state index in [9.17, 15) is 10.0 Å². The SMILES string of the molecule is CC(C)C(=O)N(O)CCN1CCCCC1. The first kappa shape index (κ1) is 12.5. The number of amides is 1. The summed E-state index contributed by atoms with van der Waals surface area (Å²) in [5.41, 5.74) is 0. The second-order valence-corrected chi connectivity index (χ2v) is 4.52. The Kier molecular flexibility index (Phi) is 5.05. The minimum Gasteiger partial charge on any atom is -0.301 e. The molecule has 0 unspecified atom stereocenters. The lowest BCUT2D eigenvalue weighted by Gasteiger charge is -2.28. The van der Waals surface area contributed by atoms with E-state index in [4.69, 9.17) is 0 Å². The summed E-state index contributed by atoms with van der Waals surface area (Å²) in [6.07, 6.45) is 3.79. The van der Waals surface area contributed by atoms with E-state index in [1.54, 1.807) is 13.8 Å². The number of likely N-dealkylation sites (tertiary alicyclic amines) is 1. The van der Waals surface area contributed by atoms with Gasteiger partial charge >= 0.3 is 0 Å². The molecule has 0 spiro atoms. The van der Waals surface area contributed by atoms with Gasteiger partial charge in [0, 0.05) is 12.5 Å². The van der Waals surface area contributed by atoms with Crippen LogP contribution in [0.3, 0.4) is 0 Å². The van der Waals surface area contributed by atoms with Gasteiger partial charge in [0.2, 0.25) is 5.91 Å². The molecule has 1 aliphatic rings. The summed E-state index contributed by atoms with van der Waals surface area (Å²) in [6, 6.07) is 0. The highest BCUT2D eigenvalue weighted by Gasteiger charge is 2.16. The zero-order valence-electron chi connectivity index (χ0n) is 9.78. The van der Waals surface area contributed by atoms with Crippen LogP contribution in [0, 0.1) is 5.92 Å². The van der Waals surface area contributed by atoms with Gasteiger partial charge in [0.25, 0.3) is 0 Å². The molecule has 0 saturated carbocycles. The molecule has 0 radical (unpaired) electrons. The number of carbonyl (C=O) groups excluding carboxylic acids is 1. The van der Waals surface area contributed by atoms with Crippen LogP contribution in [0.5, 0.6) is 0 Å². The van der Waals surface area contributed by atoms with Crippen LogP contribution in [0.1, 0.15) is 33.1 Å². The Morgan fingerprint density at radius 2 is 1.93 bits per heavy atom. The lowest BCUT2D eigenvalue weighted by atomic mass is 10.1. The molecule has 1 heterocycles. The van der Waals surface area contributed by atoms with Crippen molar-refractivity contribution in [3.63, 3.8) is 0 Å². The Morgan fingerprint density at radius 1 is 1.33 bits per heavy atom. The molecule has 15 heavy (non-hydrogen) atoms. The van der Waals surface area contributed by atoms with Gasteiger partial charge in [-0.25, -0.2) is 5.06 Å². The molecule has 1 fully saturated rings. The Labute approximate surface area is 91.8 Å². The summed E-state index contributed by atoms with van der Waals surface area (Å²) in [4.78, 5) is 13.7. The van der Waals surface area contributed by atoms with E-state index in [1.165, 1.54) is 19.3 Å². The number of nitrogens with zero attached hydrogens (tertiary/aromatic N) is 2. The van der Waals surface area contributed by atoms with Crippen LogP contribution in [-0.2, 0) is 4.79 Å². The normalized spacial score (nSPS) is 18.1. The highest BCUT2D eigenvalue weighted by molar-refractivity contribution is 5.76. The van der Waals surface area contributed by atoms with E-state index in [0.717, 1.165) is 24.7 Å². The molecule has 1 amide bonds. The minimum atomic E-state index is -0.188. The third kappa shape index (κ3) is 4.18. The lowest BCUT2D eigenvalue weighted by Crippen LogP contribution is -2.40. The van der Waals surface area contributed by atoms with Gasteiger partial charge in [-0.3, -0.25) is 10.0 Å². The zero-order chi connectivity index (χ0) is 11.3.